The van der Waals surface area contributed by atoms with E-state index in [4.69, 9.17) is 4.98 Å². The second-order valence-corrected chi connectivity index (χ2v) is 12.7. The van der Waals surface area contributed by atoms with Crippen LogP contribution in [0, 0.1) is 20.8 Å². The minimum absolute atomic E-state index is 0.956. The Balaban J connectivity index is 1.45. The molecule has 0 aliphatic heterocycles. The molecule has 2 aromatic heterocycles. The maximum Gasteiger partial charge on any atom is 0.147 e. The lowest BCUT2D eigenvalue weighted by Gasteiger charge is -2.19. The molecule has 0 spiro atoms. The fourth-order valence-corrected chi connectivity index (χ4v) is 7.83. The topological polar surface area (TPSA) is 17.8 Å². The second-order valence-electron chi connectivity index (χ2n) is 11.8. The number of hydrogen-bond acceptors (Lipinski definition) is 2. The third-order valence-corrected chi connectivity index (χ3v) is 9.73. The predicted octanol–water partition coefficient (Wildman–Crippen LogP) is 11.8. The summed E-state index contributed by atoms with van der Waals surface area (Å²) < 4.78 is 3.66. The molecule has 8 aromatic rings. The van der Waals surface area contributed by atoms with E-state index in [1.807, 2.05) is 0 Å². The van der Waals surface area contributed by atoms with E-state index in [1.165, 1.54) is 60.2 Å². The Morgan fingerprint density at radius 3 is 1.84 bits per heavy atom. The zero-order chi connectivity index (χ0) is 30.5. The van der Waals surface area contributed by atoms with Gasteiger partial charge in [-0.15, -0.1) is 11.3 Å². The molecule has 6 aromatic carbocycles. The van der Waals surface area contributed by atoms with Gasteiger partial charge in [0.1, 0.15) is 5.82 Å². The van der Waals surface area contributed by atoms with Crippen LogP contribution in [0.5, 0.6) is 0 Å². The van der Waals surface area contributed by atoms with E-state index < -0.39 is 0 Å². The van der Waals surface area contributed by atoms with Gasteiger partial charge in [-0.3, -0.25) is 4.57 Å². The van der Waals surface area contributed by atoms with Crippen LogP contribution in [0.3, 0.4) is 0 Å². The molecule has 2 heterocycles. The van der Waals surface area contributed by atoms with Gasteiger partial charge in [-0.2, -0.15) is 0 Å². The van der Waals surface area contributed by atoms with E-state index in [0.29, 0.717) is 0 Å². The lowest BCUT2D eigenvalue weighted by molar-refractivity contribution is 1.11. The van der Waals surface area contributed by atoms with E-state index >= 15 is 0 Å². The van der Waals surface area contributed by atoms with Gasteiger partial charge in [0.2, 0.25) is 0 Å². The standard InChI is InChI=1S/C42H32N2S/c1-27-23-28(2)40(29(3)24-27)32-21-22-39-35(25-32)36(26-45-39)42-43-37-19-10-11-20-38(37)44(42)41-33(30-13-6-4-7-14-30)17-12-18-34(41)31-15-8-5-9-16-31/h4-26H,1-3H3. The van der Waals surface area contributed by atoms with Crippen LogP contribution in [0.25, 0.3) is 71.6 Å². The van der Waals surface area contributed by atoms with Crippen LogP contribution in [0.15, 0.2) is 139 Å². The number of rotatable bonds is 5. The number of nitrogens with zero attached hydrogens (tertiary/aromatic N) is 2. The first-order valence-electron chi connectivity index (χ1n) is 15.4. The molecule has 2 nitrogen and oxygen atoms in total. The number of aromatic nitrogens is 2. The Bertz CT molecular complexity index is 2260. The molecular formula is C42H32N2S. The summed E-state index contributed by atoms with van der Waals surface area (Å²) in [6.45, 7) is 6.61. The first-order valence-corrected chi connectivity index (χ1v) is 16.3. The highest BCUT2D eigenvalue weighted by molar-refractivity contribution is 7.17. The van der Waals surface area contributed by atoms with Crippen molar-refractivity contribution in [2.75, 3.05) is 0 Å². The van der Waals surface area contributed by atoms with Gasteiger partial charge >= 0.3 is 0 Å². The quantitative estimate of drug-likeness (QED) is 0.193. The zero-order valence-electron chi connectivity index (χ0n) is 25.6. The van der Waals surface area contributed by atoms with Crippen LogP contribution in [0.2, 0.25) is 0 Å². The summed E-state index contributed by atoms with van der Waals surface area (Å²) in [4.78, 5) is 5.37. The highest BCUT2D eigenvalue weighted by atomic mass is 32.1. The Kier molecular flexibility index (Phi) is 6.70. The molecule has 0 radical (unpaired) electrons. The molecule has 3 heteroatoms. The van der Waals surface area contributed by atoms with E-state index in [-0.39, 0.29) is 0 Å². The monoisotopic (exact) mass is 596 g/mol. The molecule has 0 unspecified atom stereocenters. The van der Waals surface area contributed by atoms with Crippen molar-refractivity contribution in [3.05, 3.63) is 156 Å². The van der Waals surface area contributed by atoms with Gasteiger partial charge in [0, 0.05) is 32.2 Å². The molecule has 0 saturated heterocycles. The minimum atomic E-state index is 0.956. The van der Waals surface area contributed by atoms with Crippen LogP contribution in [-0.2, 0) is 0 Å². The number of aryl methyl sites for hydroxylation is 3. The lowest BCUT2D eigenvalue weighted by atomic mass is 9.93. The summed E-state index contributed by atoms with van der Waals surface area (Å²) >= 11 is 1.79. The highest BCUT2D eigenvalue weighted by Crippen LogP contribution is 2.43. The Labute approximate surface area is 267 Å². The van der Waals surface area contributed by atoms with Crippen molar-refractivity contribution in [1.82, 2.24) is 9.55 Å². The van der Waals surface area contributed by atoms with Crippen molar-refractivity contribution < 1.29 is 0 Å². The number of hydrogen-bond donors (Lipinski definition) is 0. The van der Waals surface area contributed by atoms with Crippen LogP contribution >= 0.6 is 11.3 Å². The normalized spacial score (nSPS) is 11.4. The van der Waals surface area contributed by atoms with Crippen molar-refractivity contribution in [3.63, 3.8) is 0 Å². The summed E-state index contributed by atoms with van der Waals surface area (Å²) in [5.74, 6) is 0.956. The molecule has 0 aliphatic rings. The Hall–Kier alpha value is -5.25. The average molecular weight is 597 g/mol. The van der Waals surface area contributed by atoms with Gasteiger partial charge in [-0.05, 0) is 78.4 Å². The van der Waals surface area contributed by atoms with Gasteiger partial charge < -0.3 is 0 Å². The Morgan fingerprint density at radius 1 is 0.556 bits per heavy atom. The van der Waals surface area contributed by atoms with Gasteiger partial charge in [0.05, 0.1) is 16.7 Å². The number of thiophene rings is 1. The van der Waals surface area contributed by atoms with Crippen molar-refractivity contribution in [3.8, 4) is 50.5 Å². The molecule has 8 rings (SSSR count). The van der Waals surface area contributed by atoms with Crippen LogP contribution < -0.4 is 0 Å². The minimum Gasteiger partial charge on any atom is -0.291 e. The van der Waals surface area contributed by atoms with E-state index in [1.54, 1.807) is 11.3 Å². The maximum atomic E-state index is 5.37. The molecule has 216 valence electrons. The zero-order valence-corrected chi connectivity index (χ0v) is 26.4. The molecule has 0 atom stereocenters. The average Bonchev–Trinajstić information content (AvgIpc) is 3.66. The molecule has 0 amide bonds. The highest BCUT2D eigenvalue weighted by Gasteiger charge is 2.23. The molecule has 0 N–H and O–H groups in total. The number of fused-ring (bicyclic) bond motifs is 2. The predicted molar refractivity (Wildman–Crippen MR) is 192 cm³/mol. The molecule has 0 bridgehead atoms. The van der Waals surface area contributed by atoms with Crippen LogP contribution in [0.1, 0.15) is 16.7 Å². The maximum absolute atomic E-state index is 5.37. The van der Waals surface area contributed by atoms with Crippen LogP contribution in [0.4, 0.5) is 0 Å². The Morgan fingerprint density at radius 2 is 1.18 bits per heavy atom. The van der Waals surface area contributed by atoms with Gasteiger partial charge in [0.25, 0.3) is 0 Å². The van der Waals surface area contributed by atoms with E-state index in [0.717, 1.165) is 28.1 Å². The third-order valence-electron chi connectivity index (χ3n) is 8.77. The summed E-state index contributed by atoms with van der Waals surface area (Å²) in [6, 6.07) is 48.1. The largest absolute Gasteiger partial charge is 0.291 e. The van der Waals surface area contributed by atoms with Gasteiger partial charge in [-0.1, -0.05) is 115 Å². The molecule has 45 heavy (non-hydrogen) atoms. The lowest BCUT2D eigenvalue weighted by Crippen LogP contribution is -2.03. The fraction of sp³-hybridized carbons (Fsp3) is 0.0714. The molecule has 0 saturated carbocycles. The first-order chi connectivity index (χ1) is 22.1. The first kappa shape index (κ1) is 27.3. The molecule has 0 fully saturated rings. The van der Waals surface area contributed by atoms with Crippen molar-refractivity contribution in [2.45, 2.75) is 20.8 Å². The molecule has 0 aliphatic carbocycles. The summed E-state index contributed by atoms with van der Waals surface area (Å²) in [7, 11) is 0. The fourth-order valence-electron chi connectivity index (χ4n) is 6.91. The number of imidazole rings is 1. The number of para-hydroxylation sites is 3. The van der Waals surface area contributed by atoms with Crippen LogP contribution in [-0.4, -0.2) is 9.55 Å². The smallest absolute Gasteiger partial charge is 0.147 e. The van der Waals surface area contributed by atoms with Crippen molar-refractivity contribution in [1.29, 1.82) is 0 Å². The number of benzene rings is 6. The SMILES string of the molecule is Cc1cc(C)c(-c2ccc3scc(-c4nc5ccccc5n4-c4c(-c5ccccc5)cccc4-c4ccccc4)c3c2)c(C)c1. The summed E-state index contributed by atoms with van der Waals surface area (Å²) in [5, 5.41) is 3.51. The summed E-state index contributed by atoms with van der Waals surface area (Å²) in [5.41, 5.74) is 15.5. The third kappa shape index (κ3) is 4.68. The van der Waals surface area contributed by atoms with E-state index in [2.05, 4.69) is 164 Å². The van der Waals surface area contributed by atoms with Crippen molar-refractivity contribution in [2.24, 2.45) is 0 Å². The van der Waals surface area contributed by atoms with Gasteiger partial charge in [-0.25, -0.2) is 4.98 Å². The van der Waals surface area contributed by atoms with Gasteiger partial charge in [0.15, 0.2) is 0 Å². The second kappa shape index (κ2) is 11.0. The summed E-state index contributed by atoms with van der Waals surface area (Å²) in [6.07, 6.45) is 0. The van der Waals surface area contributed by atoms with Crippen molar-refractivity contribution >= 4 is 32.5 Å². The molecular weight excluding hydrogens is 565 g/mol. The van der Waals surface area contributed by atoms with E-state index in [9.17, 15) is 0 Å².